The highest BCUT2D eigenvalue weighted by atomic mass is 32.2. The van der Waals surface area contributed by atoms with Gasteiger partial charge in [-0.2, -0.15) is 4.31 Å². The normalized spacial score (nSPS) is 36.1. The maximum absolute atomic E-state index is 12.7. The lowest BCUT2D eigenvalue weighted by Crippen LogP contribution is -2.50. The molecule has 4 atom stereocenters. The Balaban J connectivity index is 2.16. The molecule has 2 aliphatic rings. The first-order valence-corrected chi connectivity index (χ1v) is 8.62. The number of piperidine rings is 1. The van der Waals surface area contributed by atoms with Gasteiger partial charge in [0.05, 0.1) is 17.3 Å². The van der Waals surface area contributed by atoms with E-state index in [-0.39, 0.29) is 6.10 Å². The molecular formula is C13H23NO5S. The van der Waals surface area contributed by atoms with Gasteiger partial charge in [-0.05, 0) is 25.2 Å². The second-order valence-electron chi connectivity index (χ2n) is 5.86. The quantitative estimate of drug-likeness (QED) is 0.835. The second-order valence-corrected chi connectivity index (χ2v) is 8.01. The Labute approximate surface area is 120 Å². The minimum absolute atomic E-state index is 0.108. The Morgan fingerprint density at radius 3 is 2.60 bits per heavy atom. The molecule has 1 saturated carbocycles. The van der Waals surface area contributed by atoms with Crippen LogP contribution in [0.15, 0.2) is 0 Å². The first kappa shape index (κ1) is 15.7. The predicted octanol–water partition coefficient (Wildman–Crippen LogP) is 0.926. The van der Waals surface area contributed by atoms with Gasteiger partial charge >= 0.3 is 5.97 Å². The number of methoxy groups -OCH3 is 1. The summed E-state index contributed by atoms with van der Waals surface area (Å²) in [7, 11) is -1.96. The molecule has 7 heteroatoms. The van der Waals surface area contributed by atoms with Gasteiger partial charge in [0.25, 0.3) is 0 Å². The van der Waals surface area contributed by atoms with Gasteiger partial charge in [0.15, 0.2) is 0 Å². The number of hydrogen-bond acceptors (Lipinski definition) is 4. The summed E-state index contributed by atoms with van der Waals surface area (Å²) in [5.74, 6) is -1.43. The molecule has 0 spiro atoms. The third-order valence-electron chi connectivity index (χ3n) is 4.67. The third kappa shape index (κ3) is 2.84. The Bertz CT molecular complexity index is 463. The number of sulfonamides is 1. The van der Waals surface area contributed by atoms with Gasteiger partial charge in [-0.1, -0.05) is 13.3 Å². The lowest BCUT2D eigenvalue weighted by Gasteiger charge is -2.37. The highest BCUT2D eigenvalue weighted by Gasteiger charge is 2.45. The molecule has 1 N–H and O–H groups in total. The van der Waals surface area contributed by atoms with Crippen LogP contribution in [-0.2, 0) is 19.6 Å². The van der Waals surface area contributed by atoms with Crippen molar-refractivity contribution in [1.29, 1.82) is 0 Å². The summed E-state index contributed by atoms with van der Waals surface area (Å²) in [6.07, 6.45) is 2.21. The number of carboxylic acid groups (broad SMARTS) is 1. The molecule has 0 aromatic carbocycles. The molecule has 1 aliphatic carbocycles. The Morgan fingerprint density at radius 1 is 1.30 bits per heavy atom. The van der Waals surface area contributed by atoms with Crippen LogP contribution in [0.3, 0.4) is 0 Å². The van der Waals surface area contributed by atoms with Crippen LogP contribution in [0, 0.1) is 11.8 Å². The largest absolute Gasteiger partial charge is 0.481 e. The molecule has 0 bridgehead atoms. The van der Waals surface area contributed by atoms with Gasteiger partial charge in [-0.3, -0.25) is 4.79 Å². The molecule has 1 saturated heterocycles. The number of nitrogens with zero attached hydrogens (tertiary/aromatic N) is 1. The van der Waals surface area contributed by atoms with Crippen molar-refractivity contribution in [2.24, 2.45) is 11.8 Å². The van der Waals surface area contributed by atoms with Crippen LogP contribution in [0.1, 0.15) is 32.6 Å². The monoisotopic (exact) mass is 305 g/mol. The van der Waals surface area contributed by atoms with Crippen LogP contribution >= 0.6 is 0 Å². The Hall–Kier alpha value is -0.660. The standard InChI is InChI=1S/C13H23NO5S/c1-9-6-7-14(8-11(9)19-2)20(17,18)12-5-3-4-10(12)13(15)16/h9-12H,3-8H2,1-2H3,(H,15,16). The first-order valence-electron chi connectivity index (χ1n) is 7.12. The molecule has 4 unspecified atom stereocenters. The maximum atomic E-state index is 12.7. The van der Waals surface area contributed by atoms with E-state index in [1.54, 1.807) is 7.11 Å². The van der Waals surface area contributed by atoms with Crippen molar-refractivity contribution in [2.75, 3.05) is 20.2 Å². The molecular weight excluding hydrogens is 282 g/mol. The Kier molecular flexibility index (Phi) is 4.71. The topological polar surface area (TPSA) is 83.9 Å². The van der Waals surface area contributed by atoms with Crippen LogP contribution in [0.5, 0.6) is 0 Å². The third-order valence-corrected chi connectivity index (χ3v) is 7.05. The lowest BCUT2D eigenvalue weighted by molar-refractivity contribution is -0.141. The average molecular weight is 305 g/mol. The first-order chi connectivity index (χ1) is 9.37. The molecule has 20 heavy (non-hydrogen) atoms. The van der Waals surface area contributed by atoms with Crippen molar-refractivity contribution in [3.8, 4) is 0 Å². The van der Waals surface area contributed by atoms with Gasteiger partial charge in [0.1, 0.15) is 0 Å². The summed E-state index contributed by atoms with van der Waals surface area (Å²) in [4.78, 5) is 11.2. The predicted molar refractivity (Wildman–Crippen MR) is 73.8 cm³/mol. The molecule has 2 rings (SSSR count). The number of carboxylic acids is 1. The zero-order valence-corrected chi connectivity index (χ0v) is 12.8. The van der Waals surface area contributed by atoms with E-state index in [1.165, 1.54) is 4.31 Å². The van der Waals surface area contributed by atoms with Crippen LogP contribution in [-0.4, -0.2) is 55.4 Å². The molecule has 0 amide bonds. The second kappa shape index (κ2) is 5.99. The highest BCUT2D eigenvalue weighted by Crippen LogP contribution is 2.34. The Morgan fingerprint density at radius 2 is 2.00 bits per heavy atom. The number of carbonyl (C=O) groups is 1. The van der Waals surface area contributed by atoms with Crippen LogP contribution < -0.4 is 0 Å². The van der Waals surface area contributed by atoms with E-state index in [0.717, 1.165) is 6.42 Å². The van der Waals surface area contributed by atoms with Crippen molar-refractivity contribution in [3.63, 3.8) is 0 Å². The fourth-order valence-electron chi connectivity index (χ4n) is 3.30. The fourth-order valence-corrected chi connectivity index (χ4v) is 5.53. The molecule has 0 aromatic rings. The van der Waals surface area contributed by atoms with E-state index in [4.69, 9.17) is 4.74 Å². The van der Waals surface area contributed by atoms with Crippen molar-refractivity contribution < 1.29 is 23.1 Å². The van der Waals surface area contributed by atoms with Crippen molar-refractivity contribution in [2.45, 2.75) is 44.0 Å². The van der Waals surface area contributed by atoms with Crippen molar-refractivity contribution in [3.05, 3.63) is 0 Å². The van der Waals surface area contributed by atoms with E-state index >= 15 is 0 Å². The minimum atomic E-state index is -3.55. The van der Waals surface area contributed by atoms with Crippen LogP contribution in [0.25, 0.3) is 0 Å². The summed E-state index contributed by atoms with van der Waals surface area (Å²) in [5.41, 5.74) is 0. The van der Waals surface area contributed by atoms with E-state index in [0.29, 0.717) is 38.3 Å². The number of ether oxygens (including phenoxy) is 1. The van der Waals surface area contributed by atoms with E-state index in [2.05, 4.69) is 0 Å². The molecule has 0 radical (unpaired) electrons. The summed E-state index contributed by atoms with van der Waals surface area (Å²) >= 11 is 0. The summed E-state index contributed by atoms with van der Waals surface area (Å²) in [6.45, 7) is 2.85. The zero-order valence-electron chi connectivity index (χ0n) is 12.0. The molecule has 2 fully saturated rings. The molecule has 1 heterocycles. The molecule has 6 nitrogen and oxygen atoms in total. The number of hydrogen-bond donors (Lipinski definition) is 1. The maximum Gasteiger partial charge on any atom is 0.307 e. The highest BCUT2D eigenvalue weighted by molar-refractivity contribution is 7.89. The zero-order chi connectivity index (χ0) is 14.9. The SMILES string of the molecule is COC1CN(S(=O)(=O)C2CCCC2C(=O)O)CCC1C. The minimum Gasteiger partial charge on any atom is -0.481 e. The van der Waals surface area contributed by atoms with Gasteiger partial charge in [0, 0.05) is 20.2 Å². The number of rotatable bonds is 4. The average Bonchev–Trinajstić information content (AvgIpc) is 2.89. The van der Waals surface area contributed by atoms with E-state index in [9.17, 15) is 18.3 Å². The van der Waals surface area contributed by atoms with E-state index < -0.39 is 27.2 Å². The smallest absolute Gasteiger partial charge is 0.307 e. The van der Waals surface area contributed by atoms with Gasteiger partial charge < -0.3 is 9.84 Å². The fraction of sp³-hybridized carbons (Fsp3) is 0.923. The number of aliphatic carboxylic acids is 1. The molecule has 0 aromatic heterocycles. The summed E-state index contributed by atoms with van der Waals surface area (Å²) in [5, 5.41) is 8.41. The molecule has 1 aliphatic heterocycles. The van der Waals surface area contributed by atoms with E-state index in [1.807, 2.05) is 6.92 Å². The van der Waals surface area contributed by atoms with Gasteiger partial charge in [-0.25, -0.2) is 8.42 Å². The van der Waals surface area contributed by atoms with Crippen molar-refractivity contribution in [1.82, 2.24) is 4.31 Å². The molecule has 116 valence electrons. The lowest BCUT2D eigenvalue weighted by atomic mass is 9.97. The summed E-state index contributed by atoms with van der Waals surface area (Å²) in [6, 6.07) is 0. The van der Waals surface area contributed by atoms with Gasteiger partial charge in [0.2, 0.25) is 10.0 Å². The van der Waals surface area contributed by atoms with Crippen LogP contribution in [0.2, 0.25) is 0 Å². The van der Waals surface area contributed by atoms with Gasteiger partial charge in [-0.15, -0.1) is 0 Å². The van der Waals surface area contributed by atoms with Crippen molar-refractivity contribution >= 4 is 16.0 Å². The van der Waals surface area contributed by atoms with Crippen LogP contribution in [0.4, 0.5) is 0 Å². The summed E-state index contributed by atoms with van der Waals surface area (Å²) < 4.78 is 32.1.